The van der Waals surface area contributed by atoms with Crippen LogP contribution in [-0.4, -0.2) is 61.3 Å². The van der Waals surface area contributed by atoms with Crippen molar-refractivity contribution in [2.75, 3.05) is 32.7 Å². The van der Waals surface area contributed by atoms with E-state index in [0.717, 1.165) is 38.1 Å². The first-order chi connectivity index (χ1) is 13.6. The number of fused-ring (bicyclic) bond motifs is 3. The maximum Gasteiger partial charge on any atom is 0.262 e. The van der Waals surface area contributed by atoms with Gasteiger partial charge in [0.2, 0.25) is 10.5 Å². The number of piperazine rings is 1. The zero-order valence-corrected chi connectivity index (χ0v) is 16.9. The third kappa shape index (κ3) is 3.26. The quantitative estimate of drug-likeness (QED) is 0.486. The maximum atomic E-state index is 13.0. The van der Waals surface area contributed by atoms with Gasteiger partial charge in [-0.25, -0.2) is 4.68 Å². The number of para-hydroxylation sites is 1. The van der Waals surface area contributed by atoms with Gasteiger partial charge in [-0.05, 0) is 30.8 Å². The predicted molar refractivity (Wildman–Crippen MR) is 113 cm³/mol. The molecular formula is C20H24N6OS. The van der Waals surface area contributed by atoms with Crippen molar-refractivity contribution in [3.63, 3.8) is 0 Å². The lowest BCUT2D eigenvalue weighted by Crippen LogP contribution is -2.46. The lowest BCUT2D eigenvalue weighted by atomic mass is 10.2. The first-order valence-electron chi connectivity index (χ1n) is 9.63. The topological polar surface area (TPSA) is 50.7 Å². The van der Waals surface area contributed by atoms with E-state index in [2.05, 4.69) is 22.6 Å². The van der Waals surface area contributed by atoms with Gasteiger partial charge in [-0.1, -0.05) is 25.0 Å². The van der Waals surface area contributed by atoms with E-state index >= 15 is 0 Å². The van der Waals surface area contributed by atoms with Crippen LogP contribution in [0.4, 0.5) is 0 Å². The van der Waals surface area contributed by atoms with Crippen LogP contribution in [-0.2, 0) is 13.2 Å². The monoisotopic (exact) mass is 396 g/mol. The molecule has 0 unspecified atom stereocenters. The SMILES string of the molecule is C#CCN1CCN(Cn2nc3n(CCC)c(=O)c4ccccc4n3c2=S)CC1. The average molecular weight is 397 g/mol. The molecule has 0 atom stereocenters. The second kappa shape index (κ2) is 7.87. The molecule has 1 saturated heterocycles. The highest BCUT2D eigenvalue weighted by Crippen LogP contribution is 2.15. The summed E-state index contributed by atoms with van der Waals surface area (Å²) in [5.41, 5.74) is 0.796. The third-order valence-electron chi connectivity index (χ3n) is 5.25. The number of hydrogen-bond donors (Lipinski definition) is 0. The molecule has 7 nitrogen and oxygen atoms in total. The normalized spacial score (nSPS) is 16.0. The number of aromatic nitrogens is 4. The Labute approximate surface area is 168 Å². The van der Waals surface area contributed by atoms with E-state index in [9.17, 15) is 4.79 Å². The van der Waals surface area contributed by atoms with E-state index in [4.69, 9.17) is 23.7 Å². The average Bonchev–Trinajstić information content (AvgIpc) is 3.03. The van der Waals surface area contributed by atoms with Crippen molar-refractivity contribution in [2.24, 2.45) is 0 Å². The van der Waals surface area contributed by atoms with Crippen molar-refractivity contribution >= 4 is 28.9 Å². The van der Waals surface area contributed by atoms with Gasteiger partial charge in [-0.2, -0.15) is 0 Å². The predicted octanol–water partition coefficient (Wildman–Crippen LogP) is 1.80. The van der Waals surface area contributed by atoms with Crippen LogP contribution in [0.1, 0.15) is 13.3 Å². The zero-order valence-electron chi connectivity index (χ0n) is 16.0. The molecule has 0 aliphatic carbocycles. The summed E-state index contributed by atoms with van der Waals surface area (Å²) in [5, 5.41) is 5.41. The molecule has 146 valence electrons. The van der Waals surface area contributed by atoms with Gasteiger partial charge in [0.1, 0.15) is 0 Å². The molecule has 0 bridgehead atoms. The van der Waals surface area contributed by atoms with E-state index in [-0.39, 0.29) is 5.56 Å². The molecule has 8 heteroatoms. The van der Waals surface area contributed by atoms with Crippen LogP contribution in [0.25, 0.3) is 16.7 Å². The summed E-state index contributed by atoms with van der Waals surface area (Å²) in [7, 11) is 0. The summed E-state index contributed by atoms with van der Waals surface area (Å²) < 4.78 is 6.11. The highest BCUT2D eigenvalue weighted by Gasteiger charge is 2.19. The summed E-state index contributed by atoms with van der Waals surface area (Å²) in [4.78, 5) is 17.6. The Kier molecular flexibility index (Phi) is 5.31. The van der Waals surface area contributed by atoms with Crippen LogP contribution in [0.2, 0.25) is 0 Å². The van der Waals surface area contributed by atoms with Gasteiger partial charge in [0.05, 0.1) is 24.1 Å². The molecule has 4 rings (SSSR count). The third-order valence-corrected chi connectivity index (χ3v) is 5.64. The first kappa shape index (κ1) is 18.9. The van der Waals surface area contributed by atoms with E-state index in [1.165, 1.54) is 0 Å². The van der Waals surface area contributed by atoms with Gasteiger partial charge in [0, 0.05) is 32.7 Å². The van der Waals surface area contributed by atoms with Crippen molar-refractivity contribution in [1.82, 2.24) is 28.5 Å². The van der Waals surface area contributed by atoms with E-state index in [1.807, 2.05) is 33.3 Å². The van der Waals surface area contributed by atoms with Crippen LogP contribution in [0.15, 0.2) is 29.1 Å². The molecule has 0 N–H and O–H groups in total. The van der Waals surface area contributed by atoms with E-state index in [0.29, 0.717) is 35.7 Å². The molecule has 1 aliphatic heterocycles. The molecular weight excluding hydrogens is 372 g/mol. The minimum Gasteiger partial charge on any atom is -0.290 e. The Morgan fingerprint density at radius 3 is 2.61 bits per heavy atom. The summed E-state index contributed by atoms with van der Waals surface area (Å²) in [5.74, 6) is 3.32. The molecule has 0 amide bonds. The first-order valence-corrected chi connectivity index (χ1v) is 10.0. The Hall–Kier alpha value is -2.47. The molecule has 2 aromatic heterocycles. The fourth-order valence-electron chi connectivity index (χ4n) is 3.79. The summed E-state index contributed by atoms with van der Waals surface area (Å²) >= 11 is 5.76. The van der Waals surface area contributed by atoms with E-state index < -0.39 is 0 Å². The molecule has 1 aliphatic rings. The van der Waals surface area contributed by atoms with Gasteiger partial charge >= 0.3 is 0 Å². The minimum atomic E-state index is -0.0139. The van der Waals surface area contributed by atoms with Crippen molar-refractivity contribution in [3.8, 4) is 12.3 Å². The second-order valence-corrected chi connectivity index (χ2v) is 7.50. The molecule has 28 heavy (non-hydrogen) atoms. The Morgan fingerprint density at radius 2 is 1.89 bits per heavy atom. The van der Waals surface area contributed by atoms with Crippen molar-refractivity contribution in [2.45, 2.75) is 26.6 Å². The molecule has 0 spiro atoms. The lowest BCUT2D eigenvalue weighted by molar-refractivity contribution is 0.111. The summed E-state index contributed by atoms with van der Waals surface area (Å²) in [6.45, 7) is 7.68. The van der Waals surface area contributed by atoms with Gasteiger partial charge in [0.15, 0.2) is 0 Å². The van der Waals surface area contributed by atoms with Gasteiger partial charge in [-0.15, -0.1) is 11.5 Å². The minimum absolute atomic E-state index is 0.0139. The Balaban J connectivity index is 1.75. The fourth-order valence-corrected chi connectivity index (χ4v) is 4.07. The van der Waals surface area contributed by atoms with Crippen LogP contribution >= 0.6 is 12.2 Å². The van der Waals surface area contributed by atoms with Gasteiger partial charge in [0.25, 0.3) is 5.56 Å². The molecule has 1 fully saturated rings. The zero-order chi connectivity index (χ0) is 19.7. The maximum absolute atomic E-state index is 13.0. The van der Waals surface area contributed by atoms with Crippen molar-refractivity contribution in [1.29, 1.82) is 0 Å². The van der Waals surface area contributed by atoms with Crippen LogP contribution in [0.5, 0.6) is 0 Å². The highest BCUT2D eigenvalue weighted by molar-refractivity contribution is 7.71. The number of rotatable bonds is 5. The standard InChI is InChI=1S/C20H24N6OS/c1-3-9-22-11-13-23(14-12-22)15-25-20(28)26-17-8-6-5-7-16(17)18(27)24(10-4-2)19(26)21-25/h1,5-8H,4,9-15H2,2H3. The summed E-state index contributed by atoms with van der Waals surface area (Å²) in [6, 6.07) is 7.60. The largest absolute Gasteiger partial charge is 0.290 e. The molecule has 3 aromatic rings. The lowest BCUT2D eigenvalue weighted by Gasteiger charge is -2.33. The number of hydrogen-bond acceptors (Lipinski definition) is 5. The van der Waals surface area contributed by atoms with Crippen molar-refractivity contribution < 1.29 is 0 Å². The molecule has 3 heterocycles. The molecule has 0 radical (unpaired) electrons. The van der Waals surface area contributed by atoms with Crippen LogP contribution in [0, 0.1) is 17.1 Å². The highest BCUT2D eigenvalue weighted by atomic mass is 32.1. The fraction of sp³-hybridized carbons (Fsp3) is 0.450. The summed E-state index contributed by atoms with van der Waals surface area (Å²) in [6.07, 6.45) is 6.26. The Morgan fingerprint density at radius 1 is 1.18 bits per heavy atom. The number of terminal acetylenes is 1. The van der Waals surface area contributed by atoms with E-state index in [1.54, 1.807) is 4.57 Å². The van der Waals surface area contributed by atoms with Gasteiger partial charge < -0.3 is 0 Å². The molecule has 0 saturated carbocycles. The van der Waals surface area contributed by atoms with Gasteiger partial charge in [-0.3, -0.25) is 23.6 Å². The smallest absolute Gasteiger partial charge is 0.262 e. The number of benzene rings is 1. The Bertz CT molecular complexity index is 1160. The number of nitrogens with zero attached hydrogens (tertiary/aromatic N) is 6. The van der Waals surface area contributed by atoms with Crippen molar-refractivity contribution in [3.05, 3.63) is 39.4 Å². The molecule has 1 aromatic carbocycles. The van der Waals surface area contributed by atoms with Crippen LogP contribution in [0.3, 0.4) is 0 Å². The van der Waals surface area contributed by atoms with Crippen LogP contribution < -0.4 is 5.56 Å². The second-order valence-electron chi connectivity index (χ2n) is 7.13. The number of aryl methyl sites for hydroxylation is 1.